The van der Waals surface area contributed by atoms with Crippen LogP contribution in [0.5, 0.6) is 0 Å². The van der Waals surface area contributed by atoms with Crippen molar-refractivity contribution in [1.82, 2.24) is 0 Å². The summed E-state index contributed by atoms with van der Waals surface area (Å²) in [5.74, 6) is 0. The smallest absolute Gasteiger partial charge is 0.0907 e. The quantitative estimate of drug-likeness (QED) is 0.668. The lowest BCUT2D eigenvalue weighted by atomic mass is 9.94. The van der Waals surface area contributed by atoms with E-state index in [4.69, 9.17) is 4.99 Å². The van der Waals surface area contributed by atoms with Crippen LogP contribution >= 0.6 is 0 Å². The summed E-state index contributed by atoms with van der Waals surface area (Å²) >= 11 is 0. The highest BCUT2D eigenvalue weighted by atomic mass is 15.0. The summed E-state index contributed by atoms with van der Waals surface area (Å²) < 4.78 is 0. The first-order valence-corrected chi connectivity index (χ1v) is 7.82. The molecule has 0 bridgehead atoms. The van der Waals surface area contributed by atoms with Crippen LogP contribution in [0.2, 0.25) is 0 Å². The molecule has 0 spiro atoms. The van der Waals surface area contributed by atoms with Crippen LogP contribution in [0, 0.1) is 27.7 Å². The molecule has 1 aliphatic heterocycles. The number of rotatable bonds is 0. The van der Waals surface area contributed by atoms with Crippen LogP contribution in [0.15, 0.2) is 29.3 Å². The summed E-state index contributed by atoms with van der Waals surface area (Å²) in [7, 11) is 0. The van der Waals surface area contributed by atoms with Crippen molar-refractivity contribution in [2.24, 2.45) is 4.99 Å². The van der Waals surface area contributed by atoms with Gasteiger partial charge in [0.05, 0.1) is 22.4 Å². The number of fused-ring (bicyclic) bond motifs is 3. The number of benzene rings is 2. The van der Waals surface area contributed by atoms with E-state index in [1.165, 1.54) is 38.7 Å². The lowest BCUT2D eigenvalue weighted by molar-refractivity contribution is 1.14. The molecule has 0 saturated heterocycles. The first-order valence-electron chi connectivity index (χ1n) is 7.82. The second-order valence-corrected chi connectivity index (χ2v) is 6.33. The number of nitrogens with one attached hydrogen (secondary N) is 1. The molecular formula is C20H20N2. The van der Waals surface area contributed by atoms with E-state index in [0.717, 1.165) is 23.2 Å². The summed E-state index contributed by atoms with van der Waals surface area (Å²) in [6, 6.07) is 4.45. The van der Waals surface area contributed by atoms with Crippen molar-refractivity contribution in [3.05, 3.63) is 62.7 Å². The summed E-state index contributed by atoms with van der Waals surface area (Å²) in [5.41, 5.74) is 10.0. The molecule has 0 amide bonds. The van der Waals surface area contributed by atoms with Gasteiger partial charge in [-0.2, -0.15) is 0 Å². The standard InChI is InChI=1S/C20H20N2/c1-11-12(2)14(4)20-19(13(11)3)21-17-9-15-7-5-6-8-16(15)10-18(17)22-20/h5-7,9-10,21H,8H2,1-4H3. The molecule has 1 N–H and O–H groups in total. The van der Waals surface area contributed by atoms with E-state index in [9.17, 15) is 0 Å². The van der Waals surface area contributed by atoms with Crippen molar-refractivity contribution in [1.29, 1.82) is 0 Å². The molecule has 1 aliphatic carbocycles. The van der Waals surface area contributed by atoms with Gasteiger partial charge in [0, 0.05) is 0 Å². The number of allylic oxidation sites excluding steroid dienone is 2. The summed E-state index contributed by atoms with van der Waals surface area (Å²) in [4.78, 5) is 4.98. The van der Waals surface area contributed by atoms with Crippen LogP contribution in [0.25, 0.3) is 6.08 Å². The van der Waals surface area contributed by atoms with E-state index in [0.29, 0.717) is 0 Å². The van der Waals surface area contributed by atoms with Crippen molar-refractivity contribution >= 4 is 23.1 Å². The third-order valence-corrected chi connectivity index (χ3v) is 5.15. The fourth-order valence-corrected chi connectivity index (χ4v) is 3.38. The number of anilines is 2. The maximum atomic E-state index is 4.98. The Bertz CT molecular complexity index is 963. The van der Waals surface area contributed by atoms with E-state index >= 15 is 0 Å². The summed E-state index contributed by atoms with van der Waals surface area (Å²) in [5, 5.41) is 5.98. The predicted octanol–water partition coefficient (Wildman–Crippen LogP) is 3.82. The van der Waals surface area contributed by atoms with Crippen LogP contribution in [0.3, 0.4) is 0 Å². The minimum atomic E-state index is 0.992. The largest absolute Gasteiger partial charge is 0.352 e. The topological polar surface area (TPSA) is 24.4 Å². The van der Waals surface area contributed by atoms with Crippen molar-refractivity contribution in [3.63, 3.8) is 0 Å². The maximum absolute atomic E-state index is 4.98. The Morgan fingerprint density at radius 2 is 1.73 bits per heavy atom. The fraction of sp³-hybridized carbons (Fsp3) is 0.250. The molecule has 0 radical (unpaired) electrons. The Morgan fingerprint density at radius 3 is 2.55 bits per heavy atom. The van der Waals surface area contributed by atoms with Gasteiger partial charge < -0.3 is 5.32 Å². The molecule has 0 unspecified atom stereocenters. The zero-order chi connectivity index (χ0) is 15.4. The minimum Gasteiger partial charge on any atom is -0.352 e. The zero-order valence-corrected chi connectivity index (χ0v) is 13.5. The predicted molar refractivity (Wildman–Crippen MR) is 92.9 cm³/mol. The molecule has 22 heavy (non-hydrogen) atoms. The lowest BCUT2D eigenvalue weighted by Crippen LogP contribution is -2.22. The van der Waals surface area contributed by atoms with Crippen molar-refractivity contribution in [3.8, 4) is 0 Å². The van der Waals surface area contributed by atoms with Crippen LogP contribution in [-0.4, -0.2) is 0 Å². The Hall–Kier alpha value is -2.35. The molecule has 2 heteroatoms. The molecule has 4 rings (SSSR count). The Morgan fingerprint density at radius 1 is 0.955 bits per heavy atom. The number of nitrogens with zero attached hydrogens (tertiary/aromatic N) is 1. The molecule has 110 valence electrons. The maximum Gasteiger partial charge on any atom is 0.0907 e. The number of hydrogen-bond acceptors (Lipinski definition) is 2. The van der Waals surface area contributed by atoms with Gasteiger partial charge in [-0.3, -0.25) is 0 Å². The van der Waals surface area contributed by atoms with Gasteiger partial charge in [-0.1, -0.05) is 18.2 Å². The highest BCUT2D eigenvalue weighted by molar-refractivity contribution is 5.82. The summed E-state index contributed by atoms with van der Waals surface area (Å²) in [6.45, 7) is 8.74. The van der Waals surface area contributed by atoms with Gasteiger partial charge in [0.15, 0.2) is 0 Å². The molecule has 1 heterocycles. The average molecular weight is 288 g/mol. The fourth-order valence-electron chi connectivity index (χ4n) is 3.38. The molecular weight excluding hydrogens is 268 g/mol. The van der Waals surface area contributed by atoms with Gasteiger partial charge >= 0.3 is 0 Å². The normalized spacial score (nSPS) is 14.2. The molecule has 0 fully saturated rings. The van der Waals surface area contributed by atoms with E-state index in [-0.39, 0.29) is 0 Å². The Kier molecular flexibility index (Phi) is 2.77. The van der Waals surface area contributed by atoms with Gasteiger partial charge in [0.1, 0.15) is 0 Å². The van der Waals surface area contributed by atoms with E-state index in [1.807, 2.05) is 0 Å². The molecule has 0 atom stereocenters. The first-order chi connectivity index (χ1) is 10.6. The van der Waals surface area contributed by atoms with Crippen LogP contribution in [0.4, 0.5) is 17.1 Å². The van der Waals surface area contributed by atoms with Gasteiger partial charge in [-0.15, -0.1) is 0 Å². The Balaban J connectivity index is 2.05. The lowest BCUT2D eigenvalue weighted by Gasteiger charge is -2.23. The molecule has 2 aromatic rings. The second-order valence-electron chi connectivity index (χ2n) is 6.33. The second kappa shape index (κ2) is 4.57. The molecule has 0 aromatic heterocycles. The monoisotopic (exact) mass is 288 g/mol. The SMILES string of the molecule is Cc1c(C)c(C)c2c(c1C)N=c1cc3c(cc1N2)=CC=CC3. The van der Waals surface area contributed by atoms with Gasteiger partial charge in [-0.05, 0) is 79.3 Å². The molecule has 2 nitrogen and oxygen atoms in total. The van der Waals surface area contributed by atoms with Crippen LogP contribution in [0.1, 0.15) is 27.8 Å². The zero-order valence-electron chi connectivity index (χ0n) is 13.5. The Labute approximate surface area is 130 Å². The third kappa shape index (κ3) is 1.77. The summed E-state index contributed by atoms with van der Waals surface area (Å²) in [6.07, 6.45) is 7.49. The minimum absolute atomic E-state index is 0.992. The van der Waals surface area contributed by atoms with Crippen LogP contribution in [-0.2, 0) is 6.42 Å². The van der Waals surface area contributed by atoms with Gasteiger partial charge in [0.25, 0.3) is 0 Å². The van der Waals surface area contributed by atoms with E-state index < -0.39 is 0 Å². The van der Waals surface area contributed by atoms with Gasteiger partial charge in [-0.25, -0.2) is 4.99 Å². The average Bonchev–Trinajstić information content (AvgIpc) is 2.55. The van der Waals surface area contributed by atoms with Crippen molar-refractivity contribution in [2.75, 3.05) is 5.32 Å². The van der Waals surface area contributed by atoms with E-state index in [2.05, 4.69) is 63.4 Å². The van der Waals surface area contributed by atoms with Crippen LogP contribution < -0.4 is 15.9 Å². The van der Waals surface area contributed by atoms with Crippen molar-refractivity contribution < 1.29 is 0 Å². The third-order valence-electron chi connectivity index (χ3n) is 5.15. The molecule has 2 aromatic carbocycles. The first kappa shape index (κ1) is 13.3. The van der Waals surface area contributed by atoms with Gasteiger partial charge in [0.2, 0.25) is 0 Å². The number of hydrogen-bond donors (Lipinski definition) is 1. The highest BCUT2D eigenvalue weighted by Gasteiger charge is 2.19. The van der Waals surface area contributed by atoms with Crippen molar-refractivity contribution in [2.45, 2.75) is 34.1 Å². The highest BCUT2D eigenvalue weighted by Crippen LogP contribution is 2.39. The molecule has 2 aliphatic rings. The molecule has 0 saturated carbocycles. The van der Waals surface area contributed by atoms with E-state index in [1.54, 1.807) is 0 Å².